The van der Waals surface area contributed by atoms with E-state index < -0.39 is 10.0 Å². The molecule has 0 saturated heterocycles. The molecule has 0 fully saturated rings. The van der Waals surface area contributed by atoms with E-state index in [1.165, 1.54) is 6.92 Å². The Labute approximate surface area is 76.1 Å². The van der Waals surface area contributed by atoms with Gasteiger partial charge in [0.05, 0.1) is 13.2 Å². The second-order valence-electron chi connectivity index (χ2n) is 1.77. The first-order valence-electron chi connectivity index (χ1n) is 2.76. The van der Waals surface area contributed by atoms with Gasteiger partial charge in [0.2, 0.25) is 0 Å². The summed E-state index contributed by atoms with van der Waals surface area (Å²) in [6, 6.07) is 0. The quantitative estimate of drug-likeness (QED) is 0.311. The molecule has 0 unspecified atom stereocenters. The number of hydrogen-bond acceptors (Lipinski definition) is 5. The van der Waals surface area contributed by atoms with Crippen LogP contribution in [0, 0.1) is 0 Å². The van der Waals surface area contributed by atoms with Crippen LogP contribution in [0.25, 0.3) is 0 Å². The van der Waals surface area contributed by atoms with Crippen LogP contribution in [-0.2, 0) is 4.79 Å². The Balaban J connectivity index is 0. The molecule has 0 spiro atoms. The van der Waals surface area contributed by atoms with Crippen molar-refractivity contribution in [2.45, 2.75) is 11.0 Å². The zero-order valence-corrected chi connectivity index (χ0v) is 7.85. The van der Waals surface area contributed by atoms with Crippen molar-refractivity contribution in [1.29, 1.82) is 0 Å². The molecular formula is C5H12O4S2. The Morgan fingerprint density at radius 3 is 1.55 bits per heavy atom. The number of carbonyl (C=O) groups is 1. The highest BCUT2D eigenvalue weighted by Crippen LogP contribution is 2.16. The van der Waals surface area contributed by atoms with Crippen molar-refractivity contribution in [3.05, 3.63) is 0 Å². The zero-order valence-electron chi connectivity index (χ0n) is 6.06. The SMILES string of the molecule is CC(S)(S)C(=O)O.OCCO. The molecule has 0 aliphatic carbocycles. The summed E-state index contributed by atoms with van der Waals surface area (Å²) in [5.41, 5.74) is 0. The van der Waals surface area contributed by atoms with E-state index in [2.05, 4.69) is 25.3 Å². The topological polar surface area (TPSA) is 77.8 Å². The molecule has 0 aromatic heterocycles. The molecule has 0 saturated carbocycles. The smallest absolute Gasteiger partial charge is 0.329 e. The van der Waals surface area contributed by atoms with Crippen LogP contribution in [0.4, 0.5) is 0 Å². The van der Waals surface area contributed by atoms with Crippen LogP contribution in [0.15, 0.2) is 0 Å². The predicted molar refractivity (Wildman–Crippen MR) is 48.2 cm³/mol. The standard InChI is InChI=1S/C3H6O2S2.C2H6O2/c1-3(6,7)2(4)5;3-1-2-4/h6-7H,1H3,(H,4,5);3-4H,1-2H2. The molecule has 0 atom stereocenters. The number of hydrogen-bond donors (Lipinski definition) is 5. The highest BCUT2D eigenvalue weighted by atomic mass is 32.2. The Hall–Kier alpha value is 0.0900. The van der Waals surface area contributed by atoms with Crippen molar-refractivity contribution in [1.82, 2.24) is 0 Å². The second kappa shape index (κ2) is 6.78. The first kappa shape index (κ1) is 13.7. The Morgan fingerprint density at radius 2 is 1.55 bits per heavy atom. The van der Waals surface area contributed by atoms with Gasteiger partial charge in [0.25, 0.3) is 0 Å². The van der Waals surface area contributed by atoms with E-state index >= 15 is 0 Å². The molecule has 0 bridgehead atoms. The molecule has 0 aromatic carbocycles. The molecule has 0 aromatic rings. The monoisotopic (exact) mass is 200 g/mol. The van der Waals surface area contributed by atoms with Gasteiger partial charge in [-0.3, -0.25) is 0 Å². The third kappa shape index (κ3) is 13.1. The molecule has 0 aliphatic heterocycles. The Bertz CT molecular complexity index is 108. The van der Waals surface area contributed by atoms with Gasteiger partial charge in [0.15, 0.2) is 0 Å². The highest BCUT2D eigenvalue weighted by molar-refractivity contribution is 8.01. The number of carboxylic acids is 1. The van der Waals surface area contributed by atoms with Crippen LogP contribution in [0.3, 0.4) is 0 Å². The van der Waals surface area contributed by atoms with Crippen LogP contribution in [0.2, 0.25) is 0 Å². The average Bonchev–Trinajstić information content (AvgIpc) is 1.87. The number of rotatable bonds is 2. The van der Waals surface area contributed by atoms with Gasteiger partial charge in [-0.15, -0.1) is 0 Å². The van der Waals surface area contributed by atoms with Gasteiger partial charge in [0.1, 0.15) is 4.08 Å². The lowest BCUT2D eigenvalue weighted by Crippen LogP contribution is -2.20. The van der Waals surface area contributed by atoms with Crippen molar-refractivity contribution in [3.8, 4) is 0 Å². The molecule has 3 N–H and O–H groups in total. The number of aliphatic carboxylic acids is 1. The van der Waals surface area contributed by atoms with Gasteiger partial charge < -0.3 is 15.3 Å². The molecule has 0 heterocycles. The van der Waals surface area contributed by atoms with Crippen molar-refractivity contribution in [2.24, 2.45) is 0 Å². The van der Waals surface area contributed by atoms with Gasteiger partial charge in [-0.2, -0.15) is 25.3 Å². The van der Waals surface area contributed by atoms with E-state index in [-0.39, 0.29) is 13.2 Å². The normalized spacial score (nSPS) is 9.91. The van der Waals surface area contributed by atoms with E-state index in [4.69, 9.17) is 15.3 Å². The van der Waals surface area contributed by atoms with Crippen LogP contribution >= 0.6 is 25.3 Å². The van der Waals surface area contributed by atoms with E-state index in [1.54, 1.807) is 0 Å². The minimum Gasteiger partial charge on any atom is -0.480 e. The molecule has 11 heavy (non-hydrogen) atoms. The largest absolute Gasteiger partial charge is 0.480 e. The first-order valence-corrected chi connectivity index (χ1v) is 3.65. The van der Waals surface area contributed by atoms with Gasteiger partial charge in [-0.05, 0) is 6.92 Å². The van der Waals surface area contributed by atoms with E-state index in [0.29, 0.717) is 0 Å². The van der Waals surface area contributed by atoms with Gasteiger partial charge in [-0.1, -0.05) is 0 Å². The Kier molecular flexibility index (Phi) is 8.42. The van der Waals surface area contributed by atoms with Gasteiger partial charge >= 0.3 is 5.97 Å². The molecule has 0 amide bonds. The molecule has 0 aliphatic rings. The fraction of sp³-hybridized carbons (Fsp3) is 0.800. The predicted octanol–water partition coefficient (Wildman–Crippen LogP) is -0.382. The summed E-state index contributed by atoms with van der Waals surface area (Å²) in [4.78, 5) is 9.87. The highest BCUT2D eigenvalue weighted by Gasteiger charge is 2.21. The van der Waals surface area contributed by atoms with Crippen molar-refractivity contribution >= 4 is 31.2 Å². The van der Waals surface area contributed by atoms with Crippen LogP contribution in [0.5, 0.6) is 0 Å². The lowest BCUT2D eigenvalue weighted by Gasteiger charge is -2.06. The molecule has 0 rings (SSSR count). The summed E-state index contributed by atoms with van der Waals surface area (Å²) in [6.07, 6.45) is 0. The maximum absolute atomic E-state index is 9.87. The third-order valence-corrected chi connectivity index (χ3v) is 0.888. The van der Waals surface area contributed by atoms with Crippen molar-refractivity contribution in [3.63, 3.8) is 0 Å². The maximum Gasteiger partial charge on any atom is 0.329 e. The molecule has 4 nitrogen and oxygen atoms in total. The van der Waals surface area contributed by atoms with E-state index in [1.807, 2.05) is 0 Å². The Morgan fingerprint density at radius 1 is 1.36 bits per heavy atom. The molecule has 6 heteroatoms. The number of thiol groups is 2. The van der Waals surface area contributed by atoms with Crippen LogP contribution in [-0.4, -0.2) is 38.6 Å². The van der Waals surface area contributed by atoms with E-state index in [9.17, 15) is 4.79 Å². The minimum absolute atomic E-state index is 0.125. The average molecular weight is 200 g/mol. The summed E-state index contributed by atoms with van der Waals surface area (Å²) in [5.74, 6) is -1.03. The van der Waals surface area contributed by atoms with Gasteiger partial charge in [0, 0.05) is 0 Å². The second-order valence-corrected chi connectivity index (χ2v) is 3.91. The lowest BCUT2D eigenvalue weighted by atomic mass is 10.5. The molecule has 68 valence electrons. The summed E-state index contributed by atoms with van der Waals surface area (Å²) in [6.45, 7) is 1.14. The summed E-state index contributed by atoms with van der Waals surface area (Å²) in [7, 11) is 0. The number of carboxylic acid groups (broad SMARTS) is 1. The minimum atomic E-state index is -1.19. The van der Waals surface area contributed by atoms with E-state index in [0.717, 1.165) is 0 Å². The summed E-state index contributed by atoms with van der Waals surface area (Å²) < 4.78 is -1.19. The number of aliphatic hydroxyl groups excluding tert-OH is 2. The summed E-state index contributed by atoms with van der Waals surface area (Å²) in [5, 5.41) is 23.3. The lowest BCUT2D eigenvalue weighted by molar-refractivity contribution is -0.136. The van der Waals surface area contributed by atoms with Crippen LogP contribution < -0.4 is 0 Å². The van der Waals surface area contributed by atoms with Crippen molar-refractivity contribution < 1.29 is 20.1 Å². The first-order chi connectivity index (χ1) is 4.86. The third-order valence-electron chi connectivity index (χ3n) is 0.505. The fourth-order valence-electron chi connectivity index (χ4n) is 0. The van der Waals surface area contributed by atoms with Gasteiger partial charge in [-0.25, -0.2) is 4.79 Å². The number of aliphatic hydroxyl groups is 2. The maximum atomic E-state index is 9.87. The van der Waals surface area contributed by atoms with Crippen LogP contribution in [0.1, 0.15) is 6.92 Å². The molecular weight excluding hydrogens is 188 g/mol. The van der Waals surface area contributed by atoms with Crippen molar-refractivity contribution in [2.75, 3.05) is 13.2 Å². The zero-order chi connectivity index (χ0) is 9.49. The summed E-state index contributed by atoms with van der Waals surface area (Å²) >= 11 is 7.23. The molecule has 0 radical (unpaired) electrons. The fourth-order valence-corrected chi connectivity index (χ4v) is 0.